The van der Waals surface area contributed by atoms with E-state index in [2.05, 4.69) is 41.1 Å². The molecule has 13 heavy (non-hydrogen) atoms. The fourth-order valence-electron chi connectivity index (χ4n) is 1.29. The predicted molar refractivity (Wildman–Crippen MR) is 60.8 cm³/mol. The van der Waals surface area contributed by atoms with Gasteiger partial charge in [0.2, 0.25) is 0 Å². The van der Waals surface area contributed by atoms with Crippen LogP contribution in [0.4, 0.5) is 0 Å². The van der Waals surface area contributed by atoms with Gasteiger partial charge < -0.3 is 5.73 Å². The monoisotopic (exact) mass is 241 g/mol. The van der Waals surface area contributed by atoms with Crippen LogP contribution in [-0.4, -0.2) is 6.04 Å². The molecule has 1 rings (SSSR count). The van der Waals surface area contributed by atoms with Gasteiger partial charge in [-0.3, -0.25) is 0 Å². The Bertz CT molecular complexity index is 281. The van der Waals surface area contributed by atoms with Gasteiger partial charge in [0.25, 0.3) is 0 Å². The average molecular weight is 242 g/mol. The summed E-state index contributed by atoms with van der Waals surface area (Å²) in [5, 5.41) is 0. The van der Waals surface area contributed by atoms with Crippen LogP contribution in [0.15, 0.2) is 22.7 Å². The normalized spacial score (nSPS) is 12.9. The highest BCUT2D eigenvalue weighted by Gasteiger charge is 2.01. The Morgan fingerprint density at radius 2 is 2.15 bits per heavy atom. The third-order valence-electron chi connectivity index (χ3n) is 2.18. The molecule has 0 bridgehead atoms. The van der Waals surface area contributed by atoms with E-state index < -0.39 is 0 Å². The first-order chi connectivity index (χ1) is 6.09. The first kappa shape index (κ1) is 10.7. The zero-order chi connectivity index (χ0) is 9.84. The molecule has 2 N–H and O–H groups in total. The Morgan fingerprint density at radius 3 is 2.77 bits per heavy atom. The summed E-state index contributed by atoms with van der Waals surface area (Å²) in [7, 11) is 0. The minimum atomic E-state index is 0.290. The van der Waals surface area contributed by atoms with Crippen molar-refractivity contribution in [2.24, 2.45) is 5.73 Å². The van der Waals surface area contributed by atoms with Gasteiger partial charge in [-0.05, 0) is 49.9 Å². The van der Waals surface area contributed by atoms with Crippen molar-refractivity contribution in [2.45, 2.75) is 32.7 Å². The molecular formula is C11H16BrN. The van der Waals surface area contributed by atoms with Gasteiger partial charge in [-0.25, -0.2) is 0 Å². The summed E-state index contributed by atoms with van der Waals surface area (Å²) in [6.45, 7) is 4.19. The van der Waals surface area contributed by atoms with E-state index in [1.165, 1.54) is 11.1 Å². The van der Waals surface area contributed by atoms with Gasteiger partial charge in [0.1, 0.15) is 0 Å². The van der Waals surface area contributed by atoms with E-state index in [0.717, 1.165) is 17.3 Å². The van der Waals surface area contributed by atoms with Gasteiger partial charge in [0.05, 0.1) is 0 Å². The third-order valence-corrected chi connectivity index (χ3v) is 2.67. The number of hydrogen-bond donors (Lipinski definition) is 1. The minimum absolute atomic E-state index is 0.290. The number of aryl methyl sites for hydroxylation is 2. The molecular weight excluding hydrogens is 226 g/mol. The van der Waals surface area contributed by atoms with Crippen molar-refractivity contribution in [3.05, 3.63) is 33.8 Å². The largest absolute Gasteiger partial charge is 0.328 e. The second kappa shape index (κ2) is 4.77. The zero-order valence-corrected chi connectivity index (χ0v) is 9.76. The smallest absolute Gasteiger partial charge is 0.0178 e. The van der Waals surface area contributed by atoms with Crippen molar-refractivity contribution in [1.82, 2.24) is 0 Å². The predicted octanol–water partition coefficient (Wildman–Crippen LogP) is 3.04. The van der Waals surface area contributed by atoms with Crippen LogP contribution in [0.5, 0.6) is 0 Å². The van der Waals surface area contributed by atoms with Crippen LogP contribution < -0.4 is 5.73 Å². The molecule has 0 unspecified atom stereocenters. The van der Waals surface area contributed by atoms with E-state index in [0.29, 0.717) is 6.04 Å². The Hall–Kier alpha value is -0.340. The summed E-state index contributed by atoms with van der Waals surface area (Å²) in [5.41, 5.74) is 8.46. The minimum Gasteiger partial charge on any atom is -0.328 e. The van der Waals surface area contributed by atoms with Crippen LogP contribution in [0.3, 0.4) is 0 Å². The summed E-state index contributed by atoms with van der Waals surface area (Å²) in [6.07, 6.45) is 2.13. The molecule has 2 heteroatoms. The molecule has 0 heterocycles. The summed E-state index contributed by atoms with van der Waals surface area (Å²) >= 11 is 3.47. The Balaban J connectivity index is 2.70. The van der Waals surface area contributed by atoms with Crippen molar-refractivity contribution in [3.63, 3.8) is 0 Å². The van der Waals surface area contributed by atoms with E-state index in [1.807, 2.05) is 6.92 Å². The van der Waals surface area contributed by atoms with E-state index in [4.69, 9.17) is 5.73 Å². The molecule has 0 saturated heterocycles. The molecule has 1 aromatic carbocycles. The first-order valence-corrected chi connectivity index (χ1v) is 5.39. The number of hydrogen-bond acceptors (Lipinski definition) is 1. The second-order valence-electron chi connectivity index (χ2n) is 3.59. The number of halogens is 1. The maximum atomic E-state index is 5.72. The SMILES string of the molecule is Cc1ccc(Br)cc1CC[C@@H](C)N. The Kier molecular flexibility index (Phi) is 3.94. The fraction of sp³-hybridized carbons (Fsp3) is 0.455. The highest BCUT2D eigenvalue weighted by atomic mass is 79.9. The van der Waals surface area contributed by atoms with Crippen LogP contribution in [0.25, 0.3) is 0 Å². The second-order valence-corrected chi connectivity index (χ2v) is 4.50. The van der Waals surface area contributed by atoms with E-state index >= 15 is 0 Å². The molecule has 0 aliphatic heterocycles. The summed E-state index contributed by atoms with van der Waals surface area (Å²) in [4.78, 5) is 0. The van der Waals surface area contributed by atoms with Gasteiger partial charge in [-0.15, -0.1) is 0 Å². The lowest BCUT2D eigenvalue weighted by atomic mass is 10.0. The van der Waals surface area contributed by atoms with E-state index in [-0.39, 0.29) is 0 Å². The molecule has 0 aromatic heterocycles. The molecule has 0 aliphatic carbocycles. The van der Waals surface area contributed by atoms with Crippen molar-refractivity contribution in [2.75, 3.05) is 0 Å². The Labute approximate surface area is 88.5 Å². The van der Waals surface area contributed by atoms with Crippen LogP contribution >= 0.6 is 15.9 Å². The summed E-state index contributed by atoms with van der Waals surface area (Å²) < 4.78 is 1.15. The van der Waals surface area contributed by atoms with Crippen molar-refractivity contribution < 1.29 is 0 Å². The molecule has 0 fully saturated rings. The molecule has 0 aliphatic rings. The van der Waals surface area contributed by atoms with Crippen molar-refractivity contribution in [3.8, 4) is 0 Å². The van der Waals surface area contributed by atoms with Crippen LogP contribution in [-0.2, 0) is 6.42 Å². The average Bonchev–Trinajstić information content (AvgIpc) is 2.06. The van der Waals surface area contributed by atoms with E-state index in [9.17, 15) is 0 Å². The van der Waals surface area contributed by atoms with Crippen LogP contribution in [0, 0.1) is 6.92 Å². The van der Waals surface area contributed by atoms with Gasteiger partial charge in [0, 0.05) is 10.5 Å². The van der Waals surface area contributed by atoms with Crippen molar-refractivity contribution in [1.29, 1.82) is 0 Å². The van der Waals surface area contributed by atoms with E-state index in [1.54, 1.807) is 0 Å². The molecule has 1 atom stereocenters. The first-order valence-electron chi connectivity index (χ1n) is 4.60. The van der Waals surface area contributed by atoms with Crippen LogP contribution in [0.1, 0.15) is 24.5 Å². The molecule has 72 valence electrons. The standard InChI is InChI=1S/C11H16BrN/c1-8-3-6-11(12)7-10(8)5-4-9(2)13/h3,6-7,9H,4-5,13H2,1-2H3/t9-/m1/s1. The number of rotatable bonds is 3. The molecule has 1 aromatic rings. The molecule has 0 saturated carbocycles. The van der Waals surface area contributed by atoms with Gasteiger partial charge in [0.15, 0.2) is 0 Å². The lowest BCUT2D eigenvalue weighted by molar-refractivity contribution is 0.664. The van der Waals surface area contributed by atoms with Gasteiger partial charge in [-0.1, -0.05) is 22.0 Å². The lowest BCUT2D eigenvalue weighted by Crippen LogP contribution is -2.15. The summed E-state index contributed by atoms with van der Waals surface area (Å²) in [6, 6.07) is 6.68. The maximum Gasteiger partial charge on any atom is 0.0178 e. The van der Waals surface area contributed by atoms with Crippen LogP contribution in [0.2, 0.25) is 0 Å². The third kappa shape index (κ3) is 3.49. The topological polar surface area (TPSA) is 26.0 Å². The Morgan fingerprint density at radius 1 is 1.46 bits per heavy atom. The molecule has 0 spiro atoms. The van der Waals surface area contributed by atoms with Gasteiger partial charge >= 0.3 is 0 Å². The van der Waals surface area contributed by atoms with Crippen molar-refractivity contribution >= 4 is 15.9 Å². The number of nitrogens with two attached hydrogens (primary N) is 1. The number of benzene rings is 1. The lowest BCUT2D eigenvalue weighted by Gasteiger charge is -2.08. The highest BCUT2D eigenvalue weighted by molar-refractivity contribution is 9.10. The molecule has 0 amide bonds. The molecule has 1 nitrogen and oxygen atoms in total. The summed E-state index contributed by atoms with van der Waals surface area (Å²) in [5.74, 6) is 0. The zero-order valence-electron chi connectivity index (χ0n) is 8.18. The van der Waals surface area contributed by atoms with Gasteiger partial charge in [-0.2, -0.15) is 0 Å². The molecule has 0 radical (unpaired) electrons. The maximum absolute atomic E-state index is 5.72. The highest BCUT2D eigenvalue weighted by Crippen LogP contribution is 2.17. The quantitative estimate of drug-likeness (QED) is 0.866. The fourth-order valence-corrected chi connectivity index (χ4v) is 1.70.